The Morgan fingerprint density at radius 1 is 1.17 bits per heavy atom. The first-order valence-corrected chi connectivity index (χ1v) is 14.9. The summed E-state index contributed by atoms with van der Waals surface area (Å²) in [5, 5.41) is 16.0. The molecule has 4 heterocycles. The summed E-state index contributed by atoms with van der Waals surface area (Å²) < 4.78 is 21.1. The van der Waals surface area contributed by atoms with Crippen LogP contribution in [-0.2, 0) is 22.4 Å². The average molecular weight is 580 g/mol. The first kappa shape index (κ1) is 29.1. The monoisotopic (exact) mass is 579 g/mol. The molecule has 1 aliphatic rings. The van der Waals surface area contributed by atoms with Gasteiger partial charge in [-0.25, -0.2) is 19.2 Å². The van der Waals surface area contributed by atoms with E-state index in [1.165, 1.54) is 12.1 Å². The molecule has 1 aromatic carbocycles. The second-order valence-electron chi connectivity index (χ2n) is 12.6. The molecule has 1 N–H and O–H groups in total. The van der Waals surface area contributed by atoms with Crippen LogP contribution in [0, 0.1) is 18.2 Å². The smallest absolute Gasteiger partial charge is 0.337 e. The molecule has 0 radical (unpaired) electrons. The van der Waals surface area contributed by atoms with Gasteiger partial charge in [0.15, 0.2) is 11.8 Å². The Balaban J connectivity index is 1.54. The second-order valence-corrected chi connectivity index (χ2v) is 13.7. The van der Waals surface area contributed by atoms with Crippen LogP contribution in [0.15, 0.2) is 36.5 Å². The predicted octanol–water partition coefficient (Wildman–Crippen LogP) is 6.65. The summed E-state index contributed by atoms with van der Waals surface area (Å²) in [7, 11) is 0. The number of benzene rings is 1. The van der Waals surface area contributed by atoms with E-state index in [-0.39, 0.29) is 11.2 Å². The van der Waals surface area contributed by atoms with Gasteiger partial charge in [0.1, 0.15) is 22.3 Å². The minimum atomic E-state index is -1.19. The number of carboxylic acids is 1. The average Bonchev–Trinajstić information content (AvgIpc) is 3.53. The van der Waals surface area contributed by atoms with E-state index in [9.17, 15) is 14.3 Å². The number of ether oxygens (including phenoxy) is 1. The Hall–Kier alpha value is -3.37. The van der Waals surface area contributed by atoms with Crippen molar-refractivity contribution in [2.75, 3.05) is 18.0 Å². The minimum Gasteiger partial charge on any atom is -0.479 e. The topological polar surface area (TPSA) is 92.9 Å². The number of carbonyl (C=O) groups is 1. The van der Waals surface area contributed by atoms with Crippen LogP contribution in [0.25, 0.3) is 16.3 Å². The van der Waals surface area contributed by atoms with Gasteiger partial charge in [0.05, 0.1) is 11.2 Å². The van der Waals surface area contributed by atoms with Crippen molar-refractivity contribution in [3.63, 3.8) is 0 Å². The Morgan fingerprint density at radius 2 is 1.85 bits per heavy atom. The van der Waals surface area contributed by atoms with Gasteiger partial charge in [-0.05, 0) is 76.5 Å². The lowest BCUT2D eigenvalue weighted by Gasteiger charge is -2.39. The van der Waals surface area contributed by atoms with Crippen LogP contribution in [0.1, 0.15) is 75.3 Å². The number of nitrogens with zero attached hydrogens (tertiary/aromatic N) is 5. The van der Waals surface area contributed by atoms with Crippen molar-refractivity contribution in [3.8, 4) is 10.7 Å². The molecule has 10 heteroatoms. The molecule has 41 heavy (non-hydrogen) atoms. The number of thiazole rings is 1. The van der Waals surface area contributed by atoms with Crippen LogP contribution in [0.2, 0.25) is 0 Å². The third kappa shape index (κ3) is 6.59. The molecule has 3 aromatic heterocycles. The van der Waals surface area contributed by atoms with Gasteiger partial charge >= 0.3 is 5.97 Å². The molecule has 1 atom stereocenters. The van der Waals surface area contributed by atoms with Gasteiger partial charge in [0, 0.05) is 35.9 Å². The molecule has 8 nitrogen and oxygen atoms in total. The maximum atomic E-state index is 13.3. The van der Waals surface area contributed by atoms with Crippen LogP contribution in [0.3, 0.4) is 0 Å². The van der Waals surface area contributed by atoms with E-state index in [4.69, 9.17) is 14.8 Å². The number of fused-ring (bicyclic) bond motifs is 1. The Labute approximate surface area is 244 Å². The van der Waals surface area contributed by atoms with Crippen molar-refractivity contribution in [2.24, 2.45) is 5.41 Å². The summed E-state index contributed by atoms with van der Waals surface area (Å²) in [6.07, 6.45) is 4.20. The molecular weight excluding hydrogens is 541 g/mol. The van der Waals surface area contributed by atoms with E-state index in [2.05, 4.69) is 23.7 Å². The van der Waals surface area contributed by atoms with Crippen LogP contribution in [0.4, 0.5) is 10.2 Å². The van der Waals surface area contributed by atoms with Crippen molar-refractivity contribution < 1.29 is 19.0 Å². The zero-order chi connectivity index (χ0) is 29.5. The molecule has 1 aliphatic heterocycles. The Morgan fingerprint density at radius 3 is 2.49 bits per heavy atom. The van der Waals surface area contributed by atoms with Gasteiger partial charge in [-0.3, -0.25) is 0 Å². The zero-order valence-corrected chi connectivity index (χ0v) is 25.4. The number of aryl methyl sites for hydroxylation is 3. The summed E-state index contributed by atoms with van der Waals surface area (Å²) in [5.41, 5.74) is 3.09. The van der Waals surface area contributed by atoms with Crippen molar-refractivity contribution in [1.82, 2.24) is 19.6 Å². The highest BCUT2D eigenvalue weighted by molar-refractivity contribution is 7.15. The molecule has 0 aliphatic carbocycles. The van der Waals surface area contributed by atoms with Crippen molar-refractivity contribution in [2.45, 2.75) is 78.9 Å². The molecule has 0 saturated carbocycles. The maximum Gasteiger partial charge on any atom is 0.337 e. The summed E-state index contributed by atoms with van der Waals surface area (Å²) in [4.78, 5) is 25.4. The van der Waals surface area contributed by atoms with E-state index < -0.39 is 17.7 Å². The summed E-state index contributed by atoms with van der Waals surface area (Å²) >= 11 is 1.57. The van der Waals surface area contributed by atoms with Gasteiger partial charge < -0.3 is 14.7 Å². The molecule has 0 unspecified atom stereocenters. The number of carboxylic acid groups (broad SMARTS) is 1. The maximum absolute atomic E-state index is 13.3. The summed E-state index contributed by atoms with van der Waals surface area (Å²) in [6, 6.07) is 8.49. The number of aromatic nitrogens is 4. The van der Waals surface area contributed by atoms with E-state index in [1.807, 2.05) is 52.1 Å². The molecule has 0 spiro atoms. The highest BCUT2D eigenvalue weighted by Gasteiger charge is 2.36. The molecule has 1 fully saturated rings. The largest absolute Gasteiger partial charge is 0.479 e. The van der Waals surface area contributed by atoms with E-state index >= 15 is 0 Å². The third-order valence-electron chi connectivity index (χ3n) is 7.52. The molecule has 0 amide bonds. The number of anilines is 1. The molecule has 4 aromatic rings. The fourth-order valence-corrected chi connectivity index (χ4v) is 6.07. The van der Waals surface area contributed by atoms with Gasteiger partial charge in [0.25, 0.3) is 0 Å². The van der Waals surface area contributed by atoms with Crippen LogP contribution in [-0.4, -0.2) is 49.3 Å². The highest BCUT2D eigenvalue weighted by Crippen LogP contribution is 2.39. The zero-order valence-electron chi connectivity index (χ0n) is 24.6. The van der Waals surface area contributed by atoms with Gasteiger partial charge in [0.2, 0.25) is 0 Å². The first-order valence-electron chi connectivity index (χ1n) is 14.0. The van der Waals surface area contributed by atoms with E-state index in [0.717, 1.165) is 60.0 Å². The van der Waals surface area contributed by atoms with Gasteiger partial charge in [-0.1, -0.05) is 26.0 Å². The number of piperidine rings is 1. The number of rotatable bonds is 8. The Bertz CT molecular complexity index is 1540. The lowest BCUT2D eigenvalue weighted by molar-refractivity contribution is -0.160. The third-order valence-corrected chi connectivity index (χ3v) is 8.60. The van der Waals surface area contributed by atoms with Crippen LogP contribution >= 0.6 is 11.3 Å². The van der Waals surface area contributed by atoms with Crippen molar-refractivity contribution >= 4 is 28.8 Å². The lowest BCUT2D eigenvalue weighted by Crippen LogP contribution is -2.40. The summed E-state index contributed by atoms with van der Waals surface area (Å²) in [5.74, 6) is -0.570. The molecule has 218 valence electrons. The molecular formula is C31H38FN5O3S. The first-order chi connectivity index (χ1) is 19.3. The van der Waals surface area contributed by atoms with Gasteiger partial charge in [-0.15, -0.1) is 11.3 Å². The fraction of sp³-hybridized carbons (Fsp3) is 0.484. The summed E-state index contributed by atoms with van der Waals surface area (Å²) in [6.45, 7) is 13.5. The number of aliphatic carboxylic acids is 1. The standard InChI is InChI=1S/C31H38FN5O3S/c1-19-25(26(29(38)39)40-30(2,3)4)28(36-15-13-31(5,6)14-16-36)37-24(34-19)17-23(35-37)27-33-18-22(41-27)12-9-20-7-10-21(32)11-8-20/h7-8,10-11,17-18,26H,9,12-16H2,1-6H3,(H,38,39)/t26-/m0/s1. The lowest BCUT2D eigenvalue weighted by atomic mass is 9.82. The minimum absolute atomic E-state index is 0.215. The van der Waals surface area contributed by atoms with E-state index in [1.54, 1.807) is 15.9 Å². The molecule has 1 saturated heterocycles. The van der Waals surface area contributed by atoms with Crippen LogP contribution in [0.5, 0.6) is 0 Å². The molecule has 0 bridgehead atoms. The normalized spacial score (nSPS) is 16.3. The van der Waals surface area contributed by atoms with Crippen molar-refractivity contribution in [3.05, 3.63) is 64.0 Å². The number of hydrogen-bond donors (Lipinski definition) is 1. The Kier molecular flexibility index (Phi) is 7.91. The second kappa shape index (κ2) is 11.1. The van der Waals surface area contributed by atoms with Crippen LogP contribution < -0.4 is 4.90 Å². The predicted molar refractivity (Wildman–Crippen MR) is 159 cm³/mol. The van der Waals surface area contributed by atoms with Crippen molar-refractivity contribution in [1.29, 1.82) is 0 Å². The quantitative estimate of drug-likeness (QED) is 0.250. The molecule has 5 rings (SSSR count). The van der Waals surface area contributed by atoms with Gasteiger partial charge in [-0.2, -0.15) is 9.61 Å². The number of halogens is 1. The number of hydrogen-bond acceptors (Lipinski definition) is 7. The SMILES string of the molecule is Cc1nc2cc(-c3ncc(CCc4ccc(F)cc4)s3)nn2c(N2CCC(C)(C)CC2)c1[C@H](OC(C)(C)C)C(=O)O. The highest BCUT2D eigenvalue weighted by atomic mass is 32.1. The van der Waals surface area contributed by atoms with E-state index in [0.29, 0.717) is 22.6 Å². The fourth-order valence-electron chi connectivity index (χ4n) is 5.20.